The first kappa shape index (κ1) is 16.5. The number of esters is 1. The van der Waals surface area contributed by atoms with Gasteiger partial charge in [-0.25, -0.2) is 4.79 Å². The molecule has 6 heteroatoms. The minimum atomic E-state index is -0.898. The smallest absolute Gasteiger partial charge is 0.367 e. The van der Waals surface area contributed by atoms with Gasteiger partial charge in [0.25, 0.3) is 5.52 Å². The molecule has 0 saturated carbocycles. The lowest BCUT2D eigenvalue weighted by molar-refractivity contribution is -0.452. The van der Waals surface area contributed by atoms with E-state index in [9.17, 15) is 14.9 Å². The Kier molecular flexibility index (Phi) is 4.14. The monoisotopic (exact) mass is 358 g/mol. The molecule has 0 spiro atoms. The van der Waals surface area contributed by atoms with Crippen molar-refractivity contribution in [1.82, 2.24) is 4.73 Å². The van der Waals surface area contributed by atoms with Crippen molar-refractivity contribution < 1.29 is 14.0 Å². The average molecular weight is 358 g/mol. The molecule has 27 heavy (non-hydrogen) atoms. The van der Waals surface area contributed by atoms with Crippen molar-refractivity contribution in [2.45, 2.75) is 0 Å². The maximum absolute atomic E-state index is 13.0. The van der Waals surface area contributed by atoms with Gasteiger partial charge in [-0.1, -0.05) is 48.5 Å². The molecule has 0 fully saturated rings. The summed E-state index contributed by atoms with van der Waals surface area (Å²) in [4.78, 5) is 25.8. The van der Waals surface area contributed by atoms with Gasteiger partial charge in [-0.05, 0) is 30.3 Å². The van der Waals surface area contributed by atoms with Crippen LogP contribution in [0.25, 0.3) is 22.3 Å². The van der Waals surface area contributed by atoms with Crippen molar-refractivity contribution in [3.63, 3.8) is 0 Å². The second kappa shape index (κ2) is 6.76. The van der Waals surface area contributed by atoms with E-state index < -0.39 is 5.97 Å². The maximum atomic E-state index is 13.0. The van der Waals surface area contributed by atoms with E-state index in [0.717, 1.165) is 0 Å². The Morgan fingerprint density at radius 1 is 0.852 bits per heavy atom. The van der Waals surface area contributed by atoms with Crippen molar-refractivity contribution in [1.29, 1.82) is 0 Å². The number of aromatic nitrogens is 2. The zero-order valence-corrected chi connectivity index (χ0v) is 14.1. The largest absolute Gasteiger partial charge is 0.805 e. The van der Waals surface area contributed by atoms with E-state index in [0.29, 0.717) is 14.7 Å². The first-order valence-corrected chi connectivity index (χ1v) is 8.27. The van der Waals surface area contributed by atoms with E-state index in [2.05, 4.69) is 0 Å². The van der Waals surface area contributed by atoms with Crippen LogP contribution in [0, 0.1) is 10.1 Å². The van der Waals surface area contributed by atoms with E-state index in [1.807, 2.05) is 0 Å². The van der Waals surface area contributed by atoms with Crippen LogP contribution in [0.5, 0.6) is 5.75 Å². The van der Waals surface area contributed by atoms with Crippen LogP contribution in [-0.4, -0.2) is 10.7 Å². The van der Waals surface area contributed by atoms with E-state index in [1.54, 1.807) is 72.8 Å². The summed E-state index contributed by atoms with van der Waals surface area (Å²) in [5.41, 5.74) is 0.293. The second-order valence-corrected chi connectivity index (χ2v) is 5.84. The molecule has 1 aromatic heterocycles. The summed E-state index contributed by atoms with van der Waals surface area (Å²) in [5, 5.41) is 13.0. The van der Waals surface area contributed by atoms with Gasteiger partial charge in [0.15, 0.2) is 0 Å². The van der Waals surface area contributed by atoms with Crippen molar-refractivity contribution in [3.05, 3.63) is 101 Å². The van der Waals surface area contributed by atoms with Gasteiger partial charge < -0.3 is 14.7 Å². The van der Waals surface area contributed by atoms with E-state index >= 15 is 0 Å². The number of hydrogen-bond donors (Lipinski definition) is 0. The quantitative estimate of drug-likeness (QED) is 0.317. The molecular weight excluding hydrogens is 344 g/mol. The van der Waals surface area contributed by atoms with Crippen molar-refractivity contribution >= 4 is 17.0 Å². The number of nitrogens with zero attached hydrogens (tertiary/aromatic N) is 2. The molecule has 0 aliphatic heterocycles. The molecular formula is C21H14N2O4. The fourth-order valence-corrected chi connectivity index (χ4v) is 2.91. The van der Waals surface area contributed by atoms with Crippen LogP contribution in [0.15, 0.2) is 84.9 Å². The van der Waals surface area contributed by atoms with Crippen LogP contribution in [0.1, 0.15) is 10.5 Å². The summed E-state index contributed by atoms with van der Waals surface area (Å²) in [5.74, 6) is -0.613. The second-order valence-electron chi connectivity index (χ2n) is 5.84. The Hall–Kier alpha value is -3.93. The molecule has 0 atom stereocenters. The Balaban J connectivity index is 1.99. The average Bonchev–Trinajstić information content (AvgIpc) is 2.72. The Morgan fingerprint density at radius 2 is 1.44 bits per heavy atom. The molecule has 4 rings (SSSR count). The third-order valence-corrected chi connectivity index (χ3v) is 4.14. The van der Waals surface area contributed by atoms with Gasteiger partial charge in [0.05, 0.1) is 9.99 Å². The van der Waals surface area contributed by atoms with Crippen LogP contribution in [0.4, 0.5) is 0 Å². The normalized spacial score (nSPS) is 10.7. The number of benzene rings is 3. The topological polar surface area (TPSA) is 77.3 Å². The molecule has 3 aromatic carbocycles. The molecule has 4 aromatic rings. The number of carbonyl (C=O) groups excluding carboxylic acids is 1. The van der Waals surface area contributed by atoms with Gasteiger partial charge in [0.2, 0.25) is 5.69 Å². The maximum Gasteiger partial charge on any atom is 0.367 e. The number of carbonyl (C=O) groups is 1. The number of hydrogen-bond acceptors (Lipinski definition) is 4. The minimum Gasteiger partial charge on any atom is -0.805 e. The summed E-state index contributed by atoms with van der Waals surface area (Å²) in [6, 6.07) is 23.3. The SMILES string of the molecule is O=C(Oc1ccccc1)c1c(-c2ccccc2)[n+](=O)c2ccccc2n1[O-]. The third-order valence-electron chi connectivity index (χ3n) is 4.14. The molecule has 0 bridgehead atoms. The Morgan fingerprint density at radius 3 is 2.15 bits per heavy atom. The summed E-state index contributed by atoms with van der Waals surface area (Å²) in [6.07, 6.45) is 0. The fraction of sp³-hybridized carbons (Fsp3) is 0. The minimum absolute atomic E-state index is 0.0507. The summed E-state index contributed by atoms with van der Waals surface area (Å²) >= 11 is 0. The van der Waals surface area contributed by atoms with Crippen LogP contribution in [0.2, 0.25) is 0 Å². The summed E-state index contributed by atoms with van der Waals surface area (Å²) in [7, 11) is 0. The summed E-state index contributed by atoms with van der Waals surface area (Å²) < 4.78 is 6.39. The molecule has 6 nitrogen and oxygen atoms in total. The highest BCUT2D eigenvalue weighted by molar-refractivity contribution is 5.97. The van der Waals surface area contributed by atoms with Gasteiger partial charge in [-0.2, -0.15) is 0 Å². The van der Waals surface area contributed by atoms with Gasteiger partial charge in [0, 0.05) is 11.0 Å². The van der Waals surface area contributed by atoms with Crippen LogP contribution >= 0.6 is 0 Å². The van der Waals surface area contributed by atoms with Gasteiger partial charge in [-0.15, -0.1) is 0 Å². The highest BCUT2D eigenvalue weighted by atomic mass is 16.5. The molecule has 1 heterocycles. The lowest BCUT2D eigenvalue weighted by Gasteiger charge is -2.18. The highest BCUT2D eigenvalue weighted by Crippen LogP contribution is 2.24. The molecule has 0 N–H and O–H groups in total. The first-order valence-electron chi connectivity index (χ1n) is 8.27. The molecule has 0 aliphatic carbocycles. The van der Waals surface area contributed by atoms with Crippen molar-refractivity contribution in [3.8, 4) is 17.0 Å². The zero-order chi connectivity index (χ0) is 18.8. The predicted molar refractivity (Wildman–Crippen MR) is 101 cm³/mol. The van der Waals surface area contributed by atoms with Gasteiger partial charge in [-0.3, -0.25) is 0 Å². The lowest BCUT2D eigenvalue weighted by atomic mass is 10.1. The zero-order valence-electron chi connectivity index (χ0n) is 14.1. The highest BCUT2D eigenvalue weighted by Gasteiger charge is 2.29. The molecule has 0 aliphatic rings. The predicted octanol–water partition coefficient (Wildman–Crippen LogP) is 3.79. The van der Waals surface area contributed by atoms with Crippen LogP contribution in [-0.2, 0) is 0 Å². The Labute approximate surface area is 154 Å². The number of ether oxygens (including phenoxy) is 1. The van der Waals surface area contributed by atoms with Crippen LogP contribution in [0.3, 0.4) is 0 Å². The van der Waals surface area contributed by atoms with E-state index in [1.165, 1.54) is 12.1 Å². The van der Waals surface area contributed by atoms with E-state index in [-0.39, 0.29) is 28.2 Å². The van der Waals surface area contributed by atoms with Gasteiger partial charge in [0.1, 0.15) is 11.3 Å². The van der Waals surface area contributed by atoms with Gasteiger partial charge >= 0.3 is 11.7 Å². The molecule has 0 radical (unpaired) electrons. The first-order chi connectivity index (χ1) is 13.2. The molecule has 0 unspecified atom stereocenters. The molecule has 0 saturated heterocycles. The molecule has 0 amide bonds. The van der Waals surface area contributed by atoms with E-state index in [4.69, 9.17) is 4.74 Å². The molecule has 132 valence electrons. The number of para-hydroxylation sites is 3. The number of fused-ring (bicyclic) bond motifs is 1. The fourth-order valence-electron chi connectivity index (χ4n) is 2.91. The number of rotatable bonds is 3. The third kappa shape index (κ3) is 2.93. The van der Waals surface area contributed by atoms with Crippen LogP contribution < -0.4 is 9.16 Å². The lowest BCUT2D eigenvalue weighted by Crippen LogP contribution is -2.29. The standard InChI is InChI=1S/C21H14N2O4/c24-21(27-16-11-5-2-6-12-16)20-19(15-9-3-1-4-10-15)22(25)17-13-7-8-14-18(17)23(20)26/h1-14H. The van der Waals surface area contributed by atoms with Crippen molar-refractivity contribution in [2.24, 2.45) is 0 Å². The summed E-state index contributed by atoms with van der Waals surface area (Å²) in [6.45, 7) is 0. The Bertz CT molecular complexity index is 1190. The van der Waals surface area contributed by atoms with Crippen molar-refractivity contribution in [2.75, 3.05) is 0 Å².